The van der Waals surface area contributed by atoms with E-state index in [1.54, 1.807) is 19.9 Å². The molecule has 1 unspecified atom stereocenters. The van der Waals surface area contributed by atoms with Crippen LogP contribution in [0.15, 0.2) is 29.6 Å². The van der Waals surface area contributed by atoms with Gasteiger partial charge >= 0.3 is 17.8 Å². The Labute approximate surface area is 265 Å². The van der Waals surface area contributed by atoms with Crippen LogP contribution in [0.3, 0.4) is 0 Å². The van der Waals surface area contributed by atoms with E-state index in [-0.39, 0.29) is 73.6 Å². The Morgan fingerprint density at radius 3 is 1.98 bits per heavy atom. The van der Waals surface area contributed by atoms with Crippen LogP contribution in [-0.2, 0) is 40.1 Å². The van der Waals surface area contributed by atoms with Crippen molar-refractivity contribution in [3.63, 3.8) is 0 Å². The van der Waals surface area contributed by atoms with Gasteiger partial charge in [0.05, 0.1) is 30.3 Å². The molecular formula is C24H30N8O11S2. The number of esters is 2. The number of hydrogen-bond donors (Lipinski definition) is 4. The smallest absolute Gasteiger partial charge is 0.342 e. The predicted octanol–water partition coefficient (Wildman–Crippen LogP) is 0.701. The van der Waals surface area contributed by atoms with E-state index in [2.05, 4.69) is 26.6 Å². The molecule has 4 N–H and O–H groups in total. The van der Waals surface area contributed by atoms with Crippen molar-refractivity contribution >= 4 is 64.2 Å². The molecule has 1 aromatic heterocycles. The van der Waals surface area contributed by atoms with Gasteiger partial charge in [-0.05, 0) is 42.7 Å². The molecule has 0 bridgehead atoms. The zero-order valence-corrected chi connectivity index (χ0v) is 25.7. The van der Waals surface area contributed by atoms with Crippen molar-refractivity contribution in [2.75, 3.05) is 13.2 Å². The number of aromatic nitrogens is 2. The quantitative estimate of drug-likeness (QED) is 0.0818. The third-order valence-electron chi connectivity index (χ3n) is 6.01. The maximum Gasteiger partial charge on any atom is 0.342 e. The van der Waals surface area contributed by atoms with Crippen molar-refractivity contribution in [1.82, 2.24) is 31.1 Å². The fourth-order valence-corrected chi connectivity index (χ4v) is 4.10. The van der Waals surface area contributed by atoms with Gasteiger partial charge in [0.1, 0.15) is 19.3 Å². The van der Waals surface area contributed by atoms with E-state index >= 15 is 0 Å². The van der Waals surface area contributed by atoms with Crippen LogP contribution < -0.4 is 21.6 Å². The molecule has 0 radical (unpaired) electrons. The third kappa shape index (κ3) is 12.7. The molecule has 0 aromatic carbocycles. The van der Waals surface area contributed by atoms with E-state index in [1.165, 1.54) is 10.6 Å². The van der Waals surface area contributed by atoms with Gasteiger partial charge in [0.2, 0.25) is 11.8 Å². The number of imidazole rings is 1. The van der Waals surface area contributed by atoms with Crippen LogP contribution in [0.4, 0.5) is 5.82 Å². The highest BCUT2D eigenvalue weighted by Gasteiger charge is 2.29. The molecule has 1 aromatic rings. The van der Waals surface area contributed by atoms with Crippen LogP contribution >= 0.6 is 24.4 Å². The van der Waals surface area contributed by atoms with Crippen molar-refractivity contribution in [3.05, 3.63) is 55.7 Å². The van der Waals surface area contributed by atoms with Gasteiger partial charge in [0, 0.05) is 25.8 Å². The number of allylic oxidation sites excluding steroid dienone is 3. The number of nitrogens with one attached hydrogen (secondary N) is 4. The number of thiocarbonyl (C=S) groups is 2. The Bertz CT molecular complexity index is 1410. The lowest BCUT2D eigenvalue weighted by atomic mass is 9.98. The normalized spacial score (nSPS) is 13.5. The molecule has 45 heavy (non-hydrogen) atoms. The number of carbonyl (C=O) groups excluding carboxylic acids is 4. The zero-order valence-electron chi connectivity index (χ0n) is 24.1. The lowest BCUT2D eigenvalue weighted by Gasteiger charge is -2.12. The standard InChI is InChI=1S/C24H30N8O11S2/c1-14-3-4-17(31(37)38)16(14)9-11-41-21(35)7-5-18(33)26-23(44)28-43-29-24(45)27-19(34)6-8-22(36)42-12-10-30-15(2)25-13-20(30)32(39)40/h3-4,13,16H,5-12H2,1-2H3,(H2,26,28,33,44)(H2,27,29,34,45). The highest BCUT2D eigenvalue weighted by molar-refractivity contribution is 7.80. The van der Waals surface area contributed by atoms with Crippen LogP contribution in [0.5, 0.6) is 0 Å². The average molecular weight is 671 g/mol. The second kappa shape index (κ2) is 18.0. The molecule has 1 heterocycles. The van der Waals surface area contributed by atoms with Crippen LogP contribution in [0.25, 0.3) is 0 Å². The second-order valence-corrected chi connectivity index (χ2v) is 9.99. The number of hydrogen-bond acceptors (Lipinski definition) is 14. The molecule has 1 aliphatic carbocycles. The highest BCUT2D eigenvalue weighted by Crippen LogP contribution is 2.29. The molecule has 2 rings (SSSR count). The summed E-state index contributed by atoms with van der Waals surface area (Å²) in [4.78, 5) is 77.3. The number of nitro groups is 2. The lowest BCUT2D eigenvalue weighted by Crippen LogP contribution is -2.46. The SMILES string of the molecule is CC1=CC=C([N+](=O)[O-])C1CCOC(=O)CCC(=O)NC(=S)NONC(=S)NC(=O)CCC(=O)OCCn1c([N+](=O)[O-])cnc1C. The van der Waals surface area contributed by atoms with Crippen LogP contribution in [0.2, 0.25) is 0 Å². The lowest BCUT2D eigenvalue weighted by molar-refractivity contribution is -0.432. The molecule has 1 atom stereocenters. The van der Waals surface area contributed by atoms with E-state index in [1.807, 2.05) is 0 Å². The first kappa shape index (κ1) is 36.3. The van der Waals surface area contributed by atoms with Crippen molar-refractivity contribution in [2.24, 2.45) is 5.92 Å². The van der Waals surface area contributed by atoms with E-state index in [9.17, 15) is 39.4 Å². The van der Waals surface area contributed by atoms with E-state index in [0.717, 1.165) is 11.8 Å². The Morgan fingerprint density at radius 1 is 0.889 bits per heavy atom. The first-order valence-electron chi connectivity index (χ1n) is 13.1. The van der Waals surface area contributed by atoms with Crippen LogP contribution in [-0.4, -0.2) is 66.6 Å². The maximum atomic E-state index is 12.0. The predicted molar refractivity (Wildman–Crippen MR) is 160 cm³/mol. The van der Waals surface area contributed by atoms with Crippen molar-refractivity contribution in [3.8, 4) is 0 Å². The van der Waals surface area contributed by atoms with E-state index in [0.29, 0.717) is 5.82 Å². The molecule has 0 fully saturated rings. The number of aryl methyl sites for hydroxylation is 1. The minimum Gasteiger partial charge on any atom is -0.466 e. The zero-order chi connectivity index (χ0) is 33.5. The largest absolute Gasteiger partial charge is 0.466 e. The summed E-state index contributed by atoms with van der Waals surface area (Å²) >= 11 is 9.74. The number of ether oxygens (including phenoxy) is 2. The number of amides is 2. The van der Waals surface area contributed by atoms with Gasteiger partial charge < -0.3 is 30.2 Å². The Morgan fingerprint density at radius 2 is 1.44 bits per heavy atom. The summed E-state index contributed by atoms with van der Waals surface area (Å²) in [6.07, 6.45) is 3.29. The average Bonchev–Trinajstić information content (AvgIpc) is 3.52. The molecule has 19 nitrogen and oxygen atoms in total. The maximum absolute atomic E-state index is 12.0. The Balaban J connectivity index is 1.53. The molecule has 21 heteroatoms. The first-order chi connectivity index (χ1) is 21.3. The van der Waals surface area contributed by atoms with Crippen molar-refractivity contribution < 1.29 is 43.4 Å². The summed E-state index contributed by atoms with van der Waals surface area (Å²) in [5.41, 5.74) is 5.09. The summed E-state index contributed by atoms with van der Waals surface area (Å²) in [6, 6.07) is 0. The summed E-state index contributed by atoms with van der Waals surface area (Å²) in [5, 5.41) is 25.9. The van der Waals surface area contributed by atoms with Gasteiger partial charge in [0.15, 0.2) is 16.0 Å². The molecule has 0 saturated heterocycles. The monoisotopic (exact) mass is 670 g/mol. The number of carbonyl (C=O) groups is 4. The fraction of sp³-hybridized carbons (Fsp3) is 0.458. The third-order valence-corrected chi connectivity index (χ3v) is 6.38. The molecule has 2 amide bonds. The van der Waals surface area contributed by atoms with Crippen LogP contribution in [0.1, 0.15) is 44.9 Å². The fourth-order valence-electron chi connectivity index (χ4n) is 3.79. The Kier molecular flexibility index (Phi) is 14.6. The van der Waals surface area contributed by atoms with Gasteiger partial charge in [-0.15, -0.1) is 0 Å². The number of nitrogens with zero attached hydrogens (tertiary/aromatic N) is 4. The molecular weight excluding hydrogens is 640 g/mol. The Hall–Kier alpha value is -4.89. The second-order valence-electron chi connectivity index (χ2n) is 9.17. The topological polar surface area (TPSA) is 248 Å². The molecule has 0 saturated carbocycles. The van der Waals surface area contributed by atoms with Crippen molar-refractivity contribution in [2.45, 2.75) is 52.5 Å². The minimum atomic E-state index is -0.711. The van der Waals surface area contributed by atoms with E-state index in [4.69, 9.17) is 38.8 Å². The van der Waals surface area contributed by atoms with Gasteiger partial charge in [-0.3, -0.25) is 29.3 Å². The first-order valence-corrected chi connectivity index (χ1v) is 14.0. The van der Waals surface area contributed by atoms with Crippen LogP contribution in [0, 0.1) is 33.1 Å². The summed E-state index contributed by atoms with van der Waals surface area (Å²) < 4.78 is 11.3. The van der Waals surface area contributed by atoms with Gasteiger partial charge in [-0.1, -0.05) is 11.6 Å². The molecule has 1 aliphatic rings. The minimum absolute atomic E-state index is 0.0136. The van der Waals surface area contributed by atoms with Gasteiger partial charge in [-0.25, -0.2) is 20.5 Å². The molecule has 0 aliphatic heterocycles. The summed E-state index contributed by atoms with van der Waals surface area (Å²) in [6.45, 7) is 3.11. The number of hydroxylamine groups is 2. The number of rotatable bonds is 16. The van der Waals surface area contributed by atoms with Gasteiger partial charge in [0.25, 0.3) is 5.70 Å². The highest BCUT2D eigenvalue weighted by atomic mass is 32.1. The summed E-state index contributed by atoms with van der Waals surface area (Å²) in [7, 11) is 0. The summed E-state index contributed by atoms with van der Waals surface area (Å²) in [5.74, 6) is -2.97. The molecule has 0 spiro atoms. The molecule has 244 valence electrons. The van der Waals surface area contributed by atoms with E-state index < -0.39 is 39.5 Å². The van der Waals surface area contributed by atoms with Crippen molar-refractivity contribution in [1.29, 1.82) is 0 Å². The van der Waals surface area contributed by atoms with Gasteiger partial charge in [-0.2, -0.15) is 4.94 Å².